The molecule has 6 nitrogen and oxygen atoms in total. The van der Waals surface area contributed by atoms with E-state index in [1.807, 2.05) is 30.3 Å². The Morgan fingerprint density at radius 2 is 1.80 bits per heavy atom. The van der Waals surface area contributed by atoms with Crippen molar-refractivity contribution in [3.8, 4) is 0 Å². The van der Waals surface area contributed by atoms with Crippen LogP contribution in [0.4, 0.5) is 0 Å². The van der Waals surface area contributed by atoms with Crippen LogP contribution in [-0.2, 0) is 20.4 Å². The number of carbonyl (C=O) groups excluding carboxylic acids is 1. The second-order valence-electron chi connectivity index (χ2n) is 7.05. The Labute approximate surface area is 146 Å². The lowest BCUT2D eigenvalue weighted by atomic mass is 9.72. The van der Waals surface area contributed by atoms with E-state index in [2.05, 4.69) is 5.16 Å². The van der Waals surface area contributed by atoms with E-state index in [9.17, 15) is 14.7 Å². The highest BCUT2D eigenvalue weighted by atomic mass is 16.5. The lowest BCUT2D eigenvalue weighted by Crippen LogP contribution is -2.52. The molecule has 0 bridgehead atoms. The van der Waals surface area contributed by atoms with Crippen LogP contribution in [0, 0.1) is 0 Å². The molecule has 0 saturated carbocycles. The smallest absolute Gasteiger partial charge is 0.314 e. The highest BCUT2D eigenvalue weighted by molar-refractivity contribution is 5.87. The number of aromatic nitrogens is 1. The van der Waals surface area contributed by atoms with Crippen molar-refractivity contribution in [2.45, 2.75) is 37.5 Å². The number of piperidine rings is 1. The molecule has 132 valence electrons. The molecule has 0 spiro atoms. The van der Waals surface area contributed by atoms with Gasteiger partial charge in [-0.25, -0.2) is 0 Å². The molecule has 1 saturated heterocycles. The summed E-state index contributed by atoms with van der Waals surface area (Å²) in [5, 5.41) is 13.5. The van der Waals surface area contributed by atoms with E-state index in [4.69, 9.17) is 4.52 Å². The van der Waals surface area contributed by atoms with Crippen LogP contribution >= 0.6 is 0 Å². The molecule has 1 aromatic heterocycles. The highest BCUT2D eigenvalue weighted by Gasteiger charge is 2.46. The topological polar surface area (TPSA) is 83.6 Å². The molecule has 2 aromatic rings. The van der Waals surface area contributed by atoms with Gasteiger partial charge in [-0.15, -0.1) is 0 Å². The van der Waals surface area contributed by atoms with Gasteiger partial charge in [0.1, 0.15) is 5.41 Å². The molecule has 2 heterocycles. The van der Waals surface area contributed by atoms with Gasteiger partial charge < -0.3 is 14.5 Å². The Morgan fingerprint density at radius 3 is 2.32 bits per heavy atom. The summed E-state index contributed by atoms with van der Waals surface area (Å²) in [4.78, 5) is 26.7. The predicted molar refractivity (Wildman–Crippen MR) is 91.1 cm³/mol. The van der Waals surface area contributed by atoms with Crippen molar-refractivity contribution in [3.05, 3.63) is 53.9 Å². The van der Waals surface area contributed by atoms with E-state index < -0.39 is 16.8 Å². The molecule has 0 aliphatic carbocycles. The fourth-order valence-electron chi connectivity index (χ4n) is 3.51. The van der Waals surface area contributed by atoms with Crippen molar-refractivity contribution in [1.82, 2.24) is 10.1 Å². The summed E-state index contributed by atoms with van der Waals surface area (Å²) in [5.74, 6) is -0.396. The number of likely N-dealkylation sites (tertiary alicyclic amines) is 1. The number of amides is 1. The number of benzene rings is 1. The molecule has 3 rings (SSSR count). The molecule has 1 amide bonds. The summed E-state index contributed by atoms with van der Waals surface area (Å²) >= 11 is 0. The minimum atomic E-state index is -0.936. The predicted octanol–water partition coefficient (Wildman–Crippen LogP) is 2.60. The SMILES string of the molecule is CC(C)(C(=O)N1CCC(C(=O)O)(c2ccccc2)CC1)c1ccno1. The molecular formula is C19H22N2O4. The number of hydrogen-bond donors (Lipinski definition) is 1. The maximum absolute atomic E-state index is 12.9. The van der Waals surface area contributed by atoms with Crippen LogP contribution in [0.3, 0.4) is 0 Å². The van der Waals surface area contributed by atoms with E-state index in [0.29, 0.717) is 31.7 Å². The van der Waals surface area contributed by atoms with Gasteiger partial charge in [0.05, 0.1) is 11.6 Å². The van der Waals surface area contributed by atoms with Gasteiger partial charge in [0, 0.05) is 19.2 Å². The standard InChI is InChI=1S/C19H22N2O4/c1-18(2,15-8-11-20-25-15)16(22)21-12-9-19(10-13-21,17(23)24)14-6-4-3-5-7-14/h3-8,11H,9-10,12-13H2,1-2H3,(H,23,24). The first kappa shape index (κ1) is 17.2. The van der Waals surface area contributed by atoms with Crippen molar-refractivity contribution in [3.63, 3.8) is 0 Å². The third-order valence-corrected chi connectivity index (χ3v) is 5.23. The second kappa shape index (κ2) is 6.35. The Kier molecular flexibility index (Phi) is 4.37. The third kappa shape index (κ3) is 2.92. The van der Waals surface area contributed by atoms with Crippen LogP contribution in [0.15, 0.2) is 47.1 Å². The Bertz CT molecular complexity index is 745. The van der Waals surface area contributed by atoms with Gasteiger partial charge in [-0.3, -0.25) is 9.59 Å². The minimum absolute atomic E-state index is 0.0729. The summed E-state index contributed by atoms with van der Waals surface area (Å²) in [7, 11) is 0. The lowest BCUT2D eigenvalue weighted by molar-refractivity contribution is -0.149. The number of nitrogens with zero attached hydrogens (tertiary/aromatic N) is 2. The highest BCUT2D eigenvalue weighted by Crippen LogP contribution is 2.37. The van der Waals surface area contributed by atoms with Crippen LogP contribution < -0.4 is 0 Å². The first-order valence-corrected chi connectivity index (χ1v) is 8.37. The number of carboxylic acid groups (broad SMARTS) is 1. The number of aliphatic carboxylic acids is 1. The summed E-state index contributed by atoms with van der Waals surface area (Å²) in [5.41, 5.74) is -0.968. The summed E-state index contributed by atoms with van der Waals surface area (Å²) < 4.78 is 5.17. The van der Waals surface area contributed by atoms with Crippen LogP contribution in [0.5, 0.6) is 0 Å². The lowest BCUT2D eigenvalue weighted by Gasteiger charge is -2.41. The average molecular weight is 342 g/mol. The van der Waals surface area contributed by atoms with Gasteiger partial charge >= 0.3 is 5.97 Å². The van der Waals surface area contributed by atoms with E-state index in [1.165, 1.54) is 6.20 Å². The van der Waals surface area contributed by atoms with E-state index in [1.54, 1.807) is 24.8 Å². The van der Waals surface area contributed by atoms with Crippen molar-refractivity contribution >= 4 is 11.9 Å². The van der Waals surface area contributed by atoms with Crippen molar-refractivity contribution < 1.29 is 19.2 Å². The van der Waals surface area contributed by atoms with E-state index in [-0.39, 0.29) is 5.91 Å². The maximum atomic E-state index is 12.9. The van der Waals surface area contributed by atoms with Gasteiger partial charge in [-0.1, -0.05) is 35.5 Å². The second-order valence-corrected chi connectivity index (χ2v) is 7.05. The van der Waals surface area contributed by atoms with Crippen molar-refractivity contribution in [2.75, 3.05) is 13.1 Å². The zero-order valence-electron chi connectivity index (χ0n) is 14.4. The zero-order chi connectivity index (χ0) is 18.1. The summed E-state index contributed by atoms with van der Waals surface area (Å²) in [6.45, 7) is 4.40. The molecule has 0 radical (unpaired) electrons. The van der Waals surface area contributed by atoms with Crippen molar-refractivity contribution in [2.24, 2.45) is 0 Å². The molecule has 1 aromatic carbocycles. The summed E-state index contributed by atoms with van der Waals surface area (Å²) in [6, 6.07) is 11.0. The molecule has 1 fully saturated rings. The number of hydrogen-bond acceptors (Lipinski definition) is 4. The van der Waals surface area contributed by atoms with Gasteiger partial charge in [0.15, 0.2) is 5.76 Å². The maximum Gasteiger partial charge on any atom is 0.314 e. The van der Waals surface area contributed by atoms with Crippen molar-refractivity contribution in [1.29, 1.82) is 0 Å². The monoisotopic (exact) mass is 342 g/mol. The molecule has 1 aliphatic rings. The van der Waals surface area contributed by atoms with E-state index >= 15 is 0 Å². The quantitative estimate of drug-likeness (QED) is 0.923. The Hall–Kier alpha value is -2.63. The molecule has 0 atom stereocenters. The van der Waals surface area contributed by atoms with Crippen LogP contribution in [0.2, 0.25) is 0 Å². The fraction of sp³-hybridized carbons (Fsp3) is 0.421. The fourth-order valence-corrected chi connectivity index (χ4v) is 3.51. The molecular weight excluding hydrogens is 320 g/mol. The number of carboxylic acids is 1. The van der Waals surface area contributed by atoms with Gasteiger partial charge in [-0.05, 0) is 32.3 Å². The van der Waals surface area contributed by atoms with Crippen LogP contribution in [0.1, 0.15) is 38.0 Å². The minimum Gasteiger partial charge on any atom is -0.481 e. The van der Waals surface area contributed by atoms with Gasteiger partial charge in [-0.2, -0.15) is 0 Å². The first-order chi connectivity index (χ1) is 11.9. The Morgan fingerprint density at radius 1 is 1.16 bits per heavy atom. The largest absolute Gasteiger partial charge is 0.481 e. The third-order valence-electron chi connectivity index (χ3n) is 5.23. The summed E-state index contributed by atoms with van der Waals surface area (Å²) in [6.07, 6.45) is 2.31. The molecule has 0 unspecified atom stereocenters. The first-order valence-electron chi connectivity index (χ1n) is 8.37. The van der Waals surface area contributed by atoms with Gasteiger partial charge in [0.2, 0.25) is 5.91 Å². The van der Waals surface area contributed by atoms with Gasteiger partial charge in [0.25, 0.3) is 0 Å². The number of rotatable bonds is 4. The zero-order valence-corrected chi connectivity index (χ0v) is 14.4. The molecule has 1 N–H and O–H groups in total. The van der Waals surface area contributed by atoms with E-state index in [0.717, 1.165) is 5.56 Å². The van der Waals surface area contributed by atoms with Crippen LogP contribution in [-0.4, -0.2) is 40.1 Å². The number of carbonyl (C=O) groups is 2. The molecule has 6 heteroatoms. The molecule has 1 aliphatic heterocycles. The Balaban J connectivity index is 1.79. The van der Waals surface area contributed by atoms with Crippen LogP contribution in [0.25, 0.3) is 0 Å². The molecule has 25 heavy (non-hydrogen) atoms. The normalized spacial score (nSPS) is 17.3. The average Bonchev–Trinajstić information content (AvgIpc) is 3.17.